The minimum atomic E-state index is -0.994. The van der Waals surface area contributed by atoms with Crippen molar-refractivity contribution in [1.82, 2.24) is 4.90 Å². The Kier molecular flexibility index (Phi) is 4.01. The summed E-state index contributed by atoms with van der Waals surface area (Å²) in [6.07, 6.45) is 0.320. The topological polar surface area (TPSA) is 113 Å². The van der Waals surface area contributed by atoms with Gasteiger partial charge in [0.25, 0.3) is 5.69 Å². The number of urea groups is 1. The number of carboxylic acids is 1. The number of carbonyl (C=O) groups is 2. The second-order valence-corrected chi connectivity index (χ2v) is 4.62. The first-order valence-electron chi connectivity index (χ1n) is 6.11. The number of amides is 2. The zero-order valence-electron chi connectivity index (χ0n) is 10.8. The first-order chi connectivity index (χ1) is 9.88. The summed E-state index contributed by atoms with van der Waals surface area (Å²) >= 11 is 0. The first kappa shape index (κ1) is 14.7. The third kappa shape index (κ3) is 3.25. The molecule has 0 aromatic heterocycles. The highest BCUT2D eigenvalue weighted by Gasteiger charge is 2.31. The predicted molar refractivity (Wildman–Crippen MR) is 69.4 cm³/mol. The van der Waals surface area contributed by atoms with E-state index in [9.17, 15) is 24.1 Å². The van der Waals surface area contributed by atoms with Crippen LogP contribution in [-0.4, -0.2) is 40.0 Å². The second-order valence-electron chi connectivity index (χ2n) is 4.62. The molecule has 1 atom stereocenters. The number of nitro groups is 1. The van der Waals surface area contributed by atoms with Crippen molar-refractivity contribution in [3.05, 3.63) is 34.1 Å². The minimum Gasteiger partial charge on any atom is -0.481 e. The van der Waals surface area contributed by atoms with Crippen LogP contribution in [0.4, 0.5) is 20.6 Å². The van der Waals surface area contributed by atoms with Crippen LogP contribution in [0.2, 0.25) is 0 Å². The van der Waals surface area contributed by atoms with Gasteiger partial charge in [-0.05, 0) is 12.5 Å². The number of nitrogens with zero attached hydrogens (tertiary/aromatic N) is 2. The van der Waals surface area contributed by atoms with E-state index in [1.807, 2.05) is 0 Å². The lowest BCUT2D eigenvalue weighted by molar-refractivity contribution is -0.384. The molecule has 1 fully saturated rings. The normalized spacial score (nSPS) is 17.6. The number of likely N-dealkylation sites (tertiary alicyclic amines) is 1. The number of halogens is 1. The Morgan fingerprint density at radius 1 is 1.48 bits per heavy atom. The summed E-state index contributed by atoms with van der Waals surface area (Å²) in [6, 6.07) is 2.11. The molecule has 1 aromatic rings. The fourth-order valence-electron chi connectivity index (χ4n) is 2.06. The molecule has 21 heavy (non-hydrogen) atoms. The number of nitro benzene ring substituents is 1. The number of hydrogen-bond donors (Lipinski definition) is 2. The van der Waals surface area contributed by atoms with Gasteiger partial charge in [-0.3, -0.25) is 14.9 Å². The number of rotatable bonds is 3. The van der Waals surface area contributed by atoms with Gasteiger partial charge in [0.05, 0.1) is 16.5 Å². The van der Waals surface area contributed by atoms with Gasteiger partial charge in [0.1, 0.15) is 5.82 Å². The number of non-ortho nitro benzene ring substituents is 1. The van der Waals surface area contributed by atoms with E-state index in [4.69, 9.17) is 5.11 Å². The van der Waals surface area contributed by atoms with Crippen molar-refractivity contribution in [2.75, 3.05) is 18.4 Å². The molecule has 1 unspecified atom stereocenters. The Bertz CT molecular complexity index is 607. The molecule has 2 amide bonds. The fourth-order valence-corrected chi connectivity index (χ4v) is 2.06. The van der Waals surface area contributed by atoms with Gasteiger partial charge in [0, 0.05) is 25.2 Å². The molecule has 0 radical (unpaired) electrons. The van der Waals surface area contributed by atoms with Gasteiger partial charge in [0.15, 0.2) is 0 Å². The molecular weight excluding hydrogens is 285 g/mol. The third-order valence-corrected chi connectivity index (χ3v) is 3.23. The van der Waals surface area contributed by atoms with Gasteiger partial charge >= 0.3 is 12.0 Å². The zero-order valence-corrected chi connectivity index (χ0v) is 10.8. The number of carbonyl (C=O) groups excluding carboxylic acids is 1. The predicted octanol–water partition coefficient (Wildman–Crippen LogP) is 1.67. The van der Waals surface area contributed by atoms with Crippen LogP contribution >= 0.6 is 0 Å². The van der Waals surface area contributed by atoms with Gasteiger partial charge in [-0.15, -0.1) is 0 Å². The van der Waals surface area contributed by atoms with Crippen molar-refractivity contribution < 1.29 is 24.0 Å². The molecule has 0 bridgehead atoms. The molecule has 0 saturated carbocycles. The van der Waals surface area contributed by atoms with E-state index < -0.39 is 28.7 Å². The summed E-state index contributed by atoms with van der Waals surface area (Å²) in [5, 5.41) is 21.7. The molecule has 112 valence electrons. The molecule has 1 aliphatic rings. The van der Waals surface area contributed by atoms with Crippen molar-refractivity contribution in [3.8, 4) is 0 Å². The molecule has 9 heteroatoms. The van der Waals surface area contributed by atoms with Crippen molar-refractivity contribution in [2.45, 2.75) is 6.42 Å². The van der Waals surface area contributed by atoms with Crippen LogP contribution in [0, 0.1) is 21.8 Å². The van der Waals surface area contributed by atoms with Crippen molar-refractivity contribution in [2.24, 2.45) is 5.92 Å². The van der Waals surface area contributed by atoms with Crippen molar-refractivity contribution >= 4 is 23.4 Å². The van der Waals surface area contributed by atoms with Crippen LogP contribution in [0.15, 0.2) is 18.2 Å². The molecule has 0 aliphatic carbocycles. The third-order valence-electron chi connectivity index (χ3n) is 3.23. The van der Waals surface area contributed by atoms with E-state index in [0.29, 0.717) is 6.42 Å². The molecule has 1 heterocycles. The van der Waals surface area contributed by atoms with Crippen LogP contribution in [0.3, 0.4) is 0 Å². The van der Waals surface area contributed by atoms with E-state index in [-0.39, 0.29) is 24.5 Å². The zero-order chi connectivity index (χ0) is 15.6. The van der Waals surface area contributed by atoms with E-state index in [1.54, 1.807) is 0 Å². The molecule has 2 N–H and O–H groups in total. The smallest absolute Gasteiger partial charge is 0.321 e. The number of anilines is 1. The Morgan fingerprint density at radius 2 is 2.19 bits per heavy atom. The molecule has 1 aromatic carbocycles. The average Bonchev–Trinajstić information content (AvgIpc) is 2.90. The summed E-state index contributed by atoms with van der Waals surface area (Å²) in [4.78, 5) is 33.9. The lowest BCUT2D eigenvalue weighted by Crippen LogP contribution is -2.34. The number of carboxylic acid groups (broad SMARTS) is 1. The Hall–Kier alpha value is -2.71. The minimum absolute atomic E-state index is 0.0255. The van der Waals surface area contributed by atoms with E-state index in [2.05, 4.69) is 5.32 Å². The van der Waals surface area contributed by atoms with E-state index in [1.165, 1.54) is 4.90 Å². The van der Waals surface area contributed by atoms with Crippen LogP contribution < -0.4 is 5.32 Å². The maximum absolute atomic E-state index is 13.5. The van der Waals surface area contributed by atoms with Gasteiger partial charge in [-0.1, -0.05) is 0 Å². The van der Waals surface area contributed by atoms with Gasteiger partial charge in [0.2, 0.25) is 0 Å². The lowest BCUT2D eigenvalue weighted by Gasteiger charge is -2.16. The van der Waals surface area contributed by atoms with Crippen LogP contribution in [0.5, 0.6) is 0 Å². The van der Waals surface area contributed by atoms with Gasteiger partial charge in [-0.2, -0.15) is 0 Å². The first-order valence-corrected chi connectivity index (χ1v) is 6.11. The monoisotopic (exact) mass is 297 g/mol. The molecule has 1 saturated heterocycles. The Labute approximate surface area is 118 Å². The summed E-state index contributed by atoms with van der Waals surface area (Å²) in [5.74, 6) is -2.44. The van der Waals surface area contributed by atoms with E-state index in [0.717, 1.165) is 18.2 Å². The number of nitrogens with one attached hydrogen (secondary N) is 1. The molecule has 0 spiro atoms. The largest absolute Gasteiger partial charge is 0.481 e. The van der Waals surface area contributed by atoms with Crippen LogP contribution in [0.25, 0.3) is 0 Å². The Morgan fingerprint density at radius 3 is 2.76 bits per heavy atom. The average molecular weight is 297 g/mol. The maximum Gasteiger partial charge on any atom is 0.321 e. The van der Waals surface area contributed by atoms with Crippen LogP contribution in [0.1, 0.15) is 6.42 Å². The standard InChI is InChI=1S/C12H12FN3O5/c13-9-2-1-8(16(20)21)5-10(9)14-12(19)15-4-3-7(6-15)11(17)18/h1-2,5,7H,3-4,6H2,(H,14,19)(H,17,18). The maximum atomic E-state index is 13.5. The lowest BCUT2D eigenvalue weighted by atomic mass is 10.1. The highest BCUT2D eigenvalue weighted by molar-refractivity contribution is 5.90. The Balaban J connectivity index is 2.08. The summed E-state index contributed by atoms with van der Waals surface area (Å²) in [6.45, 7) is 0.261. The van der Waals surface area contributed by atoms with Crippen LogP contribution in [-0.2, 0) is 4.79 Å². The number of benzene rings is 1. The second kappa shape index (κ2) is 5.73. The molecular formula is C12H12FN3O5. The molecule has 1 aliphatic heterocycles. The van der Waals surface area contributed by atoms with Gasteiger partial charge < -0.3 is 15.3 Å². The number of aliphatic carboxylic acids is 1. The highest BCUT2D eigenvalue weighted by Crippen LogP contribution is 2.23. The van der Waals surface area contributed by atoms with Gasteiger partial charge in [-0.25, -0.2) is 9.18 Å². The molecule has 8 nitrogen and oxygen atoms in total. The summed E-state index contributed by atoms with van der Waals surface area (Å²) in [5.41, 5.74) is -0.662. The highest BCUT2D eigenvalue weighted by atomic mass is 19.1. The van der Waals surface area contributed by atoms with Crippen molar-refractivity contribution in [1.29, 1.82) is 0 Å². The van der Waals surface area contributed by atoms with Crippen molar-refractivity contribution in [3.63, 3.8) is 0 Å². The summed E-state index contributed by atoms with van der Waals surface area (Å²) < 4.78 is 13.5. The number of hydrogen-bond acceptors (Lipinski definition) is 4. The quantitative estimate of drug-likeness (QED) is 0.651. The SMILES string of the molecule is O=C(O)C1CCN(C(=O)Nc2cc([N+](=O)[O-])ccc2F)C1. The van der Waals surface area contributed by atoms with E-state index >= 15 is 0 Å². The molecule has 2 rings (SSSR count). The summed E-state index contributed by atoms with van der Waals surface area (Å²) in [7, 11) is 0. The fraction of sp³-hybridized carbons (Fsp3) is 0.333.